The normalized spacial score (nSPS) is 31.8. The maximum absolute atomic E-state index is 12.4. The Morgan fingerprint density at radius 3 is 2.90 bits per heavy atom. The average molecular weight is 327 g/mol. The maximum atomic E-state index is 12.4. The number of carbonyl (C=O) groups excluding carboxylic acids is 1. The fourth-order valence-electron chi connectivity index (χ4n) is 3.15. The summed E-state index contributed by atoms with van der Waals surface area (Å²) in [5.41, 5.74) is 1.04. The van der Waals surface area contributed by atoms with Crippen LogP contribution < -0.4 is 10.6 Å². The van der Waals surface area contributed by atoms with Gasteiger partial charge in [-0.3, -0.25) is 4.79 Å². The van der Waals surface area contributed by atoms with Gasteiger partial charge in [0.25, 0.3) is 0 Å². The molecule has 114 valence electrons. The summed E-state index contributed by atoms with van der Waals surface area (Å²) in [7, 11) is 0. The zero-order chi connectivity index (χ0) is 15.0. The Morgan fingerprint density at radius 2 is 2.19 bits per heavy atom. The van der Waals surface area contributed by atoms with Gasteiger partial charge in [-0.2, -0.15) is 0 Å². The van der Waals surface area contributed by atoms with E-state index in [-0.39, 0.29) is 17.7 Å². The highest BCUT2D eigenvalue weighted by Crippen LogP contribution is 2.50. The predicted molar refractivity (Wildman–Crippen MR) is 85.9 cm³/mol. The molecule has 5 heteroatoms. The predicted octanol–water partition coefficient (Wildman–Crippen LogP) is 3.21. The Labute approximate surface area is 135 Å². The van der Waals surface area contributed by atoms with Gasteiger partial charge in [-0.05, 0) is 55.5 Å². The lowest BCUT2D eigenvalue weighted by molar-refractivity contribution is -0.123. The van der Waals surface area contributed by atoms with Gasteiger partial charge in [0.05, 0.1) is 0 Å². The molecule has 4 unspecified atom stereocenters. The largest absolute Gasteiger partial charge is 0.353 e. The number of piperidine rings is 1. The molecule has 1 saturated carbocycles. The van der Waals surface area contributed by atoms with Crippen molar-refractivity contribution in [2.75, 3.05) is 13.1 Å². The van der Waals surface area contributed by atoms with Crippen LogP contribution in [0.5, 0.6) is 0 Å². The van der Waals surface area contributed by atoms with Crippen LogP contribution >= 0.6 is 23.2 Å². The molecule has 3 nitrogen and oxygen atoms in total. The lowest BCUT2D eigenvalue weighted by atomic mass is 9.95. The van der Waals surface area contributed by atoms with Gasteiger partial charge in [-0.1, -0.05) is 36.2 Å². The molecule has 1 amide bonds. The fourth-order valence-corrected chi connectivity index (χ4v) is 3.70. The van der Waals surface area contributed by atoms with Gasteiger partial charge < -0.3 is 10.6 Å². The number of nitrogens with one attached hydrogen (secondary N) is 2. The number of hydrogen-bond donors (Lipinski definition) is 2. The molecule has 0 radical (unpaired) electrons. The highest BCUT2D eigenvalue weighted by molar-refractivity contribution is 6.35. The number of benzene rings is 1. The lowest BCUT2D eigenvalue weighted by Gasteiger charge is -2.30. The van der Waals surface area contributed by atoms with Crippen molar-refractivity contribution in [1.82, 2.24) is 10.6 Å². The first-order valence-electron chi connectivity index (χ1n) is 7.52. The van der Waals surface area contributed by atoms with Crippen LogP contribution in [0.3, 0.4) is 0 Å². The topological polar surface area (TPSA) is 41.1 Å². The van der Waals surface area contributed by atoms with Crippen LogP contribution in [-0.4, -0.2) is 25.0 Å². The van der Waals surface area contributed by atoms with Gasteiger partial charge in [-0.25, -0.2) is 0 Å². The lowest BCUT2D eigenvalue weighted by Crippen LogP contribution is -2.48. The van der Waals surface area contributed by atoms with Crippen LogP contribution in [0.2, 0.25) is 10.0 Å². The van der Waals surface area contributed by atoms with Crippen molar-refractivity contribution in [2.24, 2.45) is 11.8 Å². The molecule has 4 atom stereocenters. The van der Waals surface area contributed by atoms with Crippen molar-refractivity contribution in [1.29, 1.82) is 0 Å². The minimum atomic E-state index is 0.0609. The first kappa shape index (κ1) is 15.1. The van der Waals surface area contributed by atoms with Crippen molar-refractivity contribution in [3.63, 3.8) is 0 Å². The number of halogens is 2. The van der Waals surface area contributed by atoms with E-state index in [1.165, 1.54) is 0 Å². The fraction of sp³-hybridized carbons (Fsp3) is 0.562. The molecular weight excluding hydrogens is 307 g/mol. The van der Waals surface area contributed by atoms with Crippen molar-refractivity contribution in [3.05, 3.63) is 33.8 Å². The van der Waals surface area contributed by atoms with Crippen molar-refractivity contribution >= 4 is 29.1 Å². The zero-order valence-electron chi connectivity index (χ0n) is 12.0. The second kappa shape index (κ2) is 6.15. The summed E-state index contributed by atoms with van der Waals surface area (Å²) in [6.07, 6.45) is 1.89. The first-order valence-corrected chi connectivity index (χ1v) is 8.28. The molecule has 1 aromatic rings. The van der Waals surface area contributed by atoms with E-state index in [1.807, 2.05) is 12.1 Å². The third-order valence-corrected chi connectivity index (χ3v) is 5.16. The molecule has 1 aliphatic carbocycles. The van der Waals surface area contributed by atoms with E-state index in [0.29, 0.717) is 22.0 Å². The number of rotatable bonds is 3. The SMILES string of the molecule is CC1CNCCC1NC(=O)C1CC1c1ccc(Cl)cc1Cl. The minimum Gasteiger partial charge on any atom is -0.353 e. The molecule has 2 N–H and O–H groups in total. The van der Waals surface area contributed by atoms with Gasteiger partial charge in [0.15, 0.2) is 0 Å². The van der Waals surface area contributed by atoms with Crippen molar-refractivity contribution < 1.29 is 4.79 Å². The van der Waals surface area contributed by atoms with E-state index in [0.717, 1.165) is 31.5 Å². The summed E-state index contributed by atoms with van der Waals surface area (Å²) < 4.78 is 0. The zero-order valence-corrected chi connectivity index (χ0v) is 13.5. The number of carbonyl (C=O) groups is 1. The smallest absolute Gasteiger partial charge is 0.223 e. The third-order valence-electron chi connectivity index (χ3n) is 4.60. The van der Waals surface area contributed by atoms with Crippen molar-refractivity contribution in [3.8, 4) is 0 Å². The highest BCUT2D eigenvalue weighted by Gasteiger charge is 2.45. The van der Waals surface area contributed by atoms with Crippen LogP contribution in [0.4, 0.5) is 0 Å². The van der Waals surface area contributed by atoms with E-state index >= 15 is 0 Å². The van der Waals surface area contributed by atoms with Gasteiger partial charge in [0, 0.05) is 22.0 Å². The van der Waals surface area contributed by atoms with E-state index in [1.54, 1.807) is 6.07 Å². The summed E-state index contributed by atoms with van der Waals surface area (Å²) >= 11 is 12.1. The number of amides is 1. The quantitative estimate of drug-likeness (QED) is 0.895. The summed E-state index contributed by atoms with van der Waals surface area (Å²) in [5, 5.41) is 7.86. The monoisotopic (exact) mass is 326 g/mol. The van der Waals surface area contributed by atoms with E-state index in [4.69, 9.17) is 23.2 Å². The molecule has 0 spiro atoms. The van der Waals surface area contributed by atoms with Crippen molar-refractivity contribution in [2.45, 2.75) is 31.7 Å². The molecule has 1 heterocycles. The molecule has 3 rings (SSSR count). The van der Waals surface area contributed by atoms with E-state index < -0.39 is 0 Å². The van der Waals surface area contributed by atoms with Gasteiger partial charge >= 0.3 is 0 Å². The molecule has 0 bridgehead atoms. The third kappa shape index (κ3) is 3.36. The van der Waals surface area contributed by atoms with Crippen LogP contribution in [0.1, 0.15) is 31.2 Å². The standard InChI is InChI=1S/C16H20Cl2N2O/c1-9-8-19-5-4-15(9)20-16(21)13-7-12(13)11-3-2-10(17)6-14(11)18/h2-3,6,9,12-13,15,19H,4-5,7-8H2,1H3,(H,20,21). The minimum absolute atomic E-state index is 0.0609. The Kier molecular flexibility index (Phi) is 4.43. The van der Waals surface area contributed by atoms with Gasteiger partial charge in [0.1, 0.15) is 0 Å². The molecule has 1 saturated heterocycles. The average Bonchev–Trinajstić information content (AvgIpc) is 3.21. The Hall–Kier alpha value is -0.770. The second-order valence-electron chi connectivity index (χ2n) is 6.20. The second-order valence-corrected chi connectivity index (χ2v) is 7.04. The first-order chi connectivity index (χ1) is 10.1. The Morgan fingerprint density at radius 1 is 1.38 bits per heavy atom. The summed E-state index contributed by atoms with van der Waals surface area (Å²) in [6, 6.07) is 5.82. The van der Waals surface area contributed by atoms with Crippen LogP contribution in [-0.2, 0) is 4.79 Å². The van der Waals surface area contributed by atoms with E-state index in [2.05, 4.69) is 17.6 Å². The molecule has 1 aliphatic heterocycles. The van der Waals surface area contributed by atoms with Crippen LogP contribution in [0.15, 0.2) is 18.2 Å². The molecule has 1 aromatic carbocycles. The molecule has 2 aliphatic rings. The highest BCUT2D eigenvalue weighted by atomic mass is 35.5. The molecular formula is C16H20Cl2N2O. The molecule has 21 heavy (non-hydrogen) atoms. The van der Waals surface area contributed by atoms with Gasteiger partial charge in [0.2, 0.25) is 5.91 Å². The summed E-state index contributed by atoms with van der Waals surface area (Å²) in [4.78, 5) is 12.4. The Balaban J connectivity index is 1.60. The van der Waals surface area contributed by atoms with Gasteiger partial charge in [-0.15, -0.1) is 0 Å². The summed E-state index contributed by atoms with van der Waals surface area (Å²) in [5.74, 6) is 0.960. The summed E-state index contributed by atoms with van der Waals surface area (Å²) in [6.45, 7) is 4.13. The molecule has 2 fully saturated rings. The van der Waals surface area contributed by atoms with E-state index in [9.17, 15) is 4.79 Å². The van der Waals surface area contributed by atoms with Crippen LogP contribution in [0.25, 0.3) is 0 Å². The Bertz CT molecular complexity index is 549. The van der Waals surface area contributed by atoms with Crippen LogP contribution in [0, 0.1) is 11.8 Å². The maximum Gasteiger partial charge on any atom is 0.223 e. The molecule has 0 aromatic heterocycles. The number of hydrogen-bond acceptors (Lipinski definition) is 2.